The van der Waals surface area contributed by atoms with Crippen LogP contribution < -0.4 is 11.1 Å². The summed E-state index contributed by atoms with van der Waals surface area (Å²) in [5.41, 5.74) is 9.91. The van der Waals surface area contributed by atoms with Gasteiger partial charge in [0.15, 0.2) is 0 Å². The predicted octanol–water partition coefficient (Wildman–Crippen LogP) is 2.19. The number of urea groups is 1. The number of rotatable bonds is 3. The number of fused-ring (bicyclic) bond motifs is 1. The lowest BCUT2D eigenvalue weighted by Crippen LogP contribution is -2.47. The Morgan fingerprint density at radius 2 is 2.17 bits per heavy atom. The van der Waals surface area contributed by atoms with Gasteiger partial charge in [0.05, 0.1) is 5.92 Å². The molecule has 1 aliphatic rings. The van der Waals surface area contributed by atoms with E-state index in [1.807, 2.05) is 12.1 Å². The number of aromatic nitrogens is 1. The van der Waals surface area contributed by atoms with Crippen molar-refractivity contribution >= 4 is 22.8 Å². The number of aromatic amines is 1. The Morgan fingerprint density at radius 3 is 2.92 bits per heavy atom. The van der Waals surface area contributed by atoms with E-state index < -0.39 is 6.03 Å². The van der Waals surface area contributed by atoms with E-state index in [9.17, 15) is 9.59 Å². The summed E-state index contributed by atoms with van der Waals surface area (Å²) in [6.07, 6.45) is 1.61. The minimum absolute atomic E-state index is 0.0111. The maximum absolute atomic E-state index is 12.4. The zero-order chi connectivity index (χ0) is 17.3. The van der Waals surface area contributed by atoms with E-state index in [0.29, 0.717) is 19.6 Å². The van der Waals surface area contributed by atoms with Gasteiger partial charge in [-0.05, 0) is 49.9 Å². The van der Waals surface area contributed by atoms with E-state index in [0.717, 1.165) is 23.9 Å². The van der Waals surface area contributed by atoms with Gasteiger partial charge in [0, 0.05) is 36.2 Å². The maximum atomic E-state index is 12.4. The Hall–Kier alpha value is -2.50. The molecule has 1 aromatic heterocycles. The number of primary amides is 1. The van der Waals surface area contributed by atoms with Crippen LogP contribution in [0, 0.1) is 19.8 Å². The first-order valence-electron chi connectivity index (χ1n) is 8.35. The highest BCUT2D eigenvalue weighted by Crippen LogP contribution is 2.22. The fourth-order valence-electron chi connectivity index (χ4n) is 3.34. The van der Waals surface area contributed by atoms with Crippen molar-refractivity contribution in [3.05, 3.63) is 35.0 Å². The highest BCUT2D eigenvalue weighted by Gasteiger charge is 2.27. The third-order valence-electron chi connectivity index (χ3n) is 4.94. The number of nitrogens with two attached hydrogens (primary N) is 1. The number of carbonyl (C=O) groups excluding carboxylic acids is 2. The van der Waals surface area contributed by atoms with E-state index in [2.05, 4.69) is 30.2 Å². The van der Waals surface area contributed by atoms with Crippen LogP contribution in [0.3, 0.4) is 0 Å². The predicted molar refractivity (Wildman–Crippen MR) is 93.5 cm³/mol. The van der Waals surface area contributed by atoms with Gasteiger partial charge in [-0.25, -0.2) is 4.79 Å². The molecule has 0 spiro atoms. The highest BCUT2D eigenvalue weighted by atomic mass is 16.2. The summed E-state index contributed by atoms with van der Waals surface area (Å²) in [5.74, 6) is -0.186. The Kier molecular flexibility index (Phi) is 4.46. The molecule has 4 N–H and O–H groups in total. The van der Waals surface area contributed by atoms with Crippen LogP contribution in [0.4, 0.5) is 4.79 Å². The molecule has 3 rings (SSSR count). The lowest BCUT2D eigenvalue weighted by atomic mass is 9.97. The molecular weight excluding hydrogens is 304 g/mol. The summed E-state index contributed by atoms with van der Waals surface area (Å²) in [7, 11) is 0. The summed E-state index contributed by atoms with van der Waals surface area (Å²) < 4.78 is 0. The Bertz CT molecular complexity index is 781. The number of benzene rings is 1. The Balaban J connectivity index is 1.63. The molecule has 1 saturated heterocycles. The van der Waals surface area contributed by atoms with Crippen molar-refractivity contribution in [1.29, 1.82) is 0 Å². The molecule has 1 fully saturated rings. The van der Waals surface area contributed by atoms with E-state index in [4.69, 9.17) is 5.73 Å². The first-order chi connectivity index (χ1) is 11.5. The van der Waals surface area contributed by atoms with Crippen molar-refractivity contribution < 1.29 is 9.59 Å². The Labute approximate surface area is 141 Å². The van der Waals surface area contributed by atoms with Gasteiger partial charge in [-0.2, -0.15) is 0 Å². The number of nitrogens with one attached hydrogen (secondary N) is 2. The van der Waals surface area contributed by atoms with E-state index >= 15 is 0 Å². The summed E-state index contributed by atoms with van der Waals surface area (Å²) in [6.45, 7) is 5.70. The largest absolute Gasteiger partial charge is 0.358 e. The molecule has 0 bridgehead atoms. The molecule has 1 aliphatic heterocycles. The van der Waals surface area contributed by atoms with Crippen LogP contribution in [0.2, 0.25) is 0 Å². The second kappa shape index (κ2) is 6.55. The van der Waals surface area contributed by atoms with Crippen molar-refractivity contribution in [2.24, 2.45) is 11.7 Å². The highest BCUT2D eigenvalue weighted by molar-refractivity contribution is 5.85. The SMILES string of the molecule is Cc1[nH]c2ccc(CNC(=O)[C@@H]3CCCN(C(N)=O)C3)cc2c1C. The third kappa shape index (κ3) is 3.22. The number of H-pyrrole nitrogens is 1. The molecule has 2 heterocycles. The summed E-state index contributed by atoms with van der Waals surface area (Å²) in [5, 5.41) is 4.18. The van der Waals surface area contributed by atoms with E-state index in [-0.39, 0.29) is 11.8 Å². The molecule has 6 nitrogen and oxygen atoms in total. The first-order valence-corrected chi connectivity index (χ1v) is 8.35. The molecule has 6 heteroatoms. The first kappa shape index (κ1) is 16.4. The molecule has 3 amide bonds. The van der Waals surface area contributed by atoms with Crippen LogP contribution in [0.15, 0.2) is 18.2 Å². The number of amides is 3. The molecule has 0 aliphatic carbocycles. The molecule has 0 radical (unpaired) electrons. The molecule has 2 aromatic rings. The standard InChI is InChI=1S/C18H24N4O2/c1-11-12(2)21-16-6-5-13(8-15(11)16)9-20-17(23)14-4-3-7-22(10-14)18(19)24/h5-6,8,14,21H,3-4,7,9-10H2,1-2H3,(H2,19,24)(H,20,23)/t14-/m1/s1. The van der Waals surface area contributed by atoms with Crippen molar-refractivity contribution in [2.75, 3.05) is 13.1 Å². The van der Waals surface area contributed by atoms with Crippen LogP contribution in [0.1, 0.15) is 29.7 Å². The minimum Gasteiger partial charge on any atom is -0.358 e. The smallest absolute Gasteiger partial charge is 0.314 e. The van der Waals surface area contributed by atoms with Gasteiger partial charge >= 0.3 is 6.03 Å². The second-order valence-electron chi connectivity index (χ2n) is 6.60. The fraction of sp³-hybridized carbons (Fsp3) is 0.444. The molecule has 1 atom stereocenters. The maximum Gasteiger partial charge on any atom is 0.314 e. The van der Waals surface area contributed by atoms with Crippen molar-refractivity contribution in [2.45, 2.75) is 33.2 Å². The average Bonchev–Trinajstić information content (AvgIpc) is 2.87. The molecular formula is C18H24N4O2. The molecule has 0 saturated carbocycles. The van der Waals surface area contributed by atoms with Gasteiger partial charge in [0.1, 0.15) is 0 Å². The van der Waals surface area contributed by atoms with E-state index in [1.54, 1.807) is 4.90 Å². The molecule has 0 unspecified atom stereocenters. The van der Waals surface area contributed by atoms with Crippen LogP contribution in [-0.4, -0.2) is 34.9 Å². The average molecular weight is 328 g/mol. The van der Waals surface area contributed by atoms with E-state index in [1.165, 1.54) is 16.6 Å². The van der Waals surface area contributed by atoms with Crippen LogP contribution >= 0.6 is 0 Å². The van der Waals surface area contributed by atoms with Gasteiger partial charge in [-0.15, -0.1) is 0 Å². The summed E-state index contributed by atoms with van der Waals surface area (Å²) in [4.78, 5) is 28.5. The lowest BCUT2D eigenvalue weighted by molar-refractivity contribution is -0.126. The van der Waals surface area contributed by atoms with Crippen LogP contribution in [0.5, 0.6) is 0 Å². The number of nitrogens with zero attached hydrogens (tertiary/aromatic N) is 1. The summed E-state index contributed by atoms with van der Waals surface area (Å²) >= 11 is 0. The number of piperidine rings is 1. The number of aryl methyl sites for hydroxylation is 2. The zero-order valence-electron chi connectivity index (χ0n) is 14.2. The fourth-order valence-corrected chi connectivity index (χ4v) is 3.34. The van der Waals surface area contributed by atoms with Gasteiger partial charge in [-0.1, -0.05) is 6.07 Å². The van der Waals surface area contributed by atoms with Crippen molar-refractivity contribution in [1.82, 2.24) is 15.2 Å². The number of hydrogen-bond donors (Lipinski definition) is 3. The van der Waals surface area contributed by atoms with Gasteiger partial charge in [-0.3, -0.25) is 4.79 Å². The molecule has 1 aromatic carbocycles. The Morgan fingerprint density at radius 1 is 1.38 bits per heavy atom. The number of hydrogen-bond acceptors (Lipinski definition) is 2. The van der Waals surface area contributed by atoms with Crippen LogP contribution in [-0.2, 0) is 11.3 Å². The third-order valence-corrected chi connectivity index (χ3v) is 4.94. The normalized spacial score (nSPS) is 17.9. The van der Waals surface area contributed by atoms with Crippen molar-refractivity contribution in [3.63, 3.8) is 0 Å². The summed E-state index contributed by atoms with van der Waals surface area (Å²) in [6, 6.07) is 5.74. The van der Waals surface area contributed by atoms with Crippen molar-refractivity contribution in [3.8, 4) is 0 Å². The molecule has 128 valence electrons. The number of carbonyl (C=O) groups is 2. The van der Waals surface area contributed by atoms with Crippen LogP contribution in [0.25, 0.3) is 10.9 Å². The van der Waals surface area contributed by atoms with Gasteiger partial charge in [0.25, 0.3) is 0 Å². The minimum atomic E-state index is -0.448. The monoisotopic (exact) mass is 328 g/mol. The quantitative estimate of drug-likeness (QED) is 0.806. The topological polar surface area (TPSA) is 91.2 Å². The zero-order valence-corrected chi connectivity index (χ0v) is 14.2. The second-order valence-corrected chi connectivity index (χ2v) is 6.60. The molecule has 24 heavy (non-hydrogen) atoms. The lowest BCUT2D eigenvalue weighted by Gasteiger charge is -2.30. The van der Waals surface area contributed by atoms with Gasteiger partial charge < -0.3 is 20.9 Å². The number of likely N-dealkylation sites (tertiary alicyclic amines) is 1. The van der Waals surface area contributed by atoms with Gasteiger partial charge in [0.2, 0.25) is 5.91 Å².